The number of nitrogens with zero attached hydrogens (tertiary/aromatic N) is 1. The number of anilines is 1. The highest BCUT2D eigenvalue weighted by molar-refractivity contribution is 5.88. The van der Waals surface area contributed by atoms with Gasteiger partial charge in [-0.25, -0.2) is 9.18 Å². The average molecular weight is 344 g/mol. The highest BCUT2D eigenvalue weighted by atomic mass is 19.1. The first-order valence-electron chi connectivity index (χ1n) is 8.40. The Hall–Kier alpha value is -2.63. The molecule has 0 bridgehead atoms. The lowest BCUT2D eigenvalue weighted by Gasteiger charge is -2.17. The molecule has 0 unspecified atom stereocenters. The van der Waals surface area contributed by atoms with Gasteiger partial charge in [0.2, 0.25) is 0 Å². The Morgan fingerprint density at radius 2 is 2.16 bits per heavy atom. The van der Waals surface area contributed by atoms with E-state index in [1.165, 1.54) is 12.1 Å². The van der Waals surface area contributed by atoms with Crippen LogP contribution in [0.15, 0.2) is 29.2 Å². The van der Waals surface area contributed by atoms with Gasteiger partial charge in [-0.3, -0.25) is 4.79 Å². The number of carboxylic acids is 1. The molecule has 25 heavy (non-hydrogen) atoms. The van der Waals surface area contributed by atoms with Crippen LogP contribution in [0.4, 0.5) is 10.1 Å². The van der Waals surface area contributed by atoms with Gasteiger partial charge in [0, 0.05) is 35.8 Å². The summed E-state index contributed by atoms with van der Waals surface area (Å²) in [4.78, 5) is 23.3. The molecule has 1 heterocycles. The highest BCUT2D eigenvalue weighted by Gasteiger charge is 2.21. The van der Waals surface area contributed by atoms with Gasteiger partial charge in [0.25, 0.3) is 0 Å². The van der Waals surface area contributed by atoms with Crippen LogP contribution in [0.2, 0.25) is 0 Å². The van der Waals surface area contributed by atoms with Crippen molar-refractivity contribution in [1.29, 1.82) is 0 Å². The number of hydrogen-bond acceptors (Lipinski definition) is 3. The van der Waals surface area contributed by atoms with Gasteiger partial charge in [0.05, 0.1) is 11.2 Å². The van der Waals surface area contributed by atoms with Gasteiger partial charge < -0.3 is 15.0 Å². The molecule has 132 valence electrons. The molecule has 1 aromatic carbocycles. The molecule has 0 spiro atoms. The van der Waals surface area contributed by atoms with Gasteiger partial charge in [-0.15, -0.1) is 0 Å². The van der Waals surface area contributed by atoms with Gasteiger partial charge >= 0.3 is 5.97 Å². The molecule has 1 aliphatic rings. The molecule has 1 aliphatic carbocycles. The molecule has 0 aliphatic heterocycles. The first-order chi connectivity index (χ1) is 11.9. The van der Waals surface area contributed by atoms with E-state index in [0.717, 1.165) is 25.5 Å². The number of halogens is 1. The zero-order valence-corrected chi connectivity index (χ0v) is 14.3. The number of fused-ring (bicyclic) bond motifs is 1. The quantitative estimate of drug-likeness (QED) is 0.785. The second-order valence-corrected chi connectivity index (χ2v) is 6.76. The predicted octanol–water partition coefficient (Wildman–Crippen LogP) is 3.64. The first kappa shape index (κ1) is 17.2. The molecule has 1 fully saturated rings. The lowest BCUT2D eigenvalue weighted by atomic mass is 10.1. The monoisotopic (exact) mass is 344 g/mol. The lowest BCUT2D eigenvalue weighted by molar-refractivity contribution is -0.131. The molecule has 5 nitrogen and oxygen atoms in total. The normalized spacial score (nSPS) is 14.6. The zero-order valence-electron chi connectivity index (χ0n) is 14.3. The van der Waals surface area contributed by atoms with E-state index in [2.05, 4.69) is 5.32 Å². The van der Waals surface area contributed by atoms with E-state index in [-0.39, 0.29) is 22.4 Å². The molecule has 1 saturated carbocycles. The number of carboxylic acid groups (broad SMARTS) is 1. The molecule has 6 heteroatoms. The minimum atomic E-state index is -1.14. The Morgan fingerprint density at radius 1 is 1.44 bits per heavy atom. The third-order valence-corrected chi connectivity index (χ3v) is 4.39. The number of benzene rings is 1. The van der Waals surface area contributed by atoms with Crippen LogP contribution in [-0.4, -0.2) is 22.2 Å². The molecule has 0 amide bonds. The fraction of sp³-hybridized carbons (Fsp3) is 0.368. The number of carbonyl (C=O) groups is 1. The van der Waals surface area contributed by atoms with Crippen molar-refractivity contribution >= 4 is 28.6 Å². The van der Waals surface area contributed by atoms with E-state index < -0.39 is 11.8 Å². The van der Waals surface area contributed by atoms with Gasteiger partial charge in [-0.1, -0.05) is 0 Å². The van der Waals surface area contributed by atoms with E-state index in [9.17, 15) is 14.0 Å². The molecule has 0 radical (unpaired) electrons. The van der Waals surface area contributed by atoms with Gasteiger partial charge in [0.1, 0.15) is 5.82 Å². The molecule has 0 saturated heterocycles. The largest absolute Gasteiger partial charge is 0.478 e. The van der Waals surface area contributed by atoms with Crippen LogP contribution < -0.4 is 10.7 Å². The number of aromatic nitrogens is 1. The summed E-state index contributed by atoms with van der Waals surface area (Å²) in [7, 11) is 0. The van der Waals surface area contributed by atoms with Crippen molar-refractivity contribution < 1.29 is 14.3 Å². The fourth-order valence-corrected chi connectivity index (χ4v) is 2.81. The van der Waals surface area contributed by atoms with Crippen molar-refractivity contribution in [2.75, 3.05) is 11.9 Å². The molecule has 2 aromatic rings. The van der Waals surface area contributed by atoms with Crippen molar-refractivity contribution in [2.45, 2.75) is 32.7 Å². The van der Waals surface area contributed by atoms with Crippen molar-refractivity contribution in [2.24, 2.45) is 5.92 Å². The van der Waals surface area contributed by atoms with Crippen LogP contribution in [0.3, 0.4) is 0 Å². The number of nitrogens with one attached hydrogen (secondary N) is 1. The standard InChI is InChI=1S/C19H21FN2O3/c1-11(2)22-10-13(5-6-18(23)24)19(25)14-7-15(20)16(8-17(14)22)21-9-12-3-4-12/h5-8,10-12,21H,3-4,9H2,1-2H3,(H,23,24)/b6-5+. The summed E-state index contributed by atoms with van der Waals surface area (Å²) < 4.78 is 16.3. The molecular weight excluding hydrogens is 323 g/mol. The van der Waals surface area contributed by atoms with Gasteiger partial charge in [0.15, 0.2) is 5.43 Å². The third kappa shape index (κ3) is 3.73. The van der Waals surface area contributed by atoms with Gasteiger partial charge in [-0.05, 0) is 50.8 Å². The number of rotatable bonds is 6. The van der Waals surface area contributed by atoms with Crippen molar-refractivity contribution in [3.8, 4) is 0 Å². The molecule has 1 aromatic heterocycles. The summed E-state index contributed by atoms with van der Waals surface area (Å²) in [5.41, 5.74) is 0.868. The fourth-order valence-electron chi connectivity index (χ4n) is 2.81. The highest BCUT2D eigenvalue weighted by Crippen LogP contribution is 2.30. The van der Waals surface area contributed by atoms with E-state index >= 15 is 0 Å². The molecule has 0 atom stereocenters. The number of pyridine rings is 1. The lowest BCUT2D eigenvalue weighted by Crippen LogP contribution is -2.15. The average Bonchev–Trinajstić information content (AvgIpc) is 3.36. The Kier molecular flexibility index (Phi) is 4.61. The van der Waals surface area contributed by atoms with Gasteiger partial charge in [-0.2, -0.15) is 0 Å². The van der Waals surface area contributed by atoms with Crippen LogP contribution >= 0.6 is 0 Å². The third-order valence-electron chi connectivity index (χ3n) is 4.39. The molecule has 2 N–H and O–H groups in total. The minimum Gasteiger partial charge on any atom is -0.478 e. The van der Waals surface area contributed by atoms with E-state index in [1.807, 2.05) is 18.4 Å². The zero-order chi connectivity index (χ0) is 18.1. The Labute approximate surface area is 144 Å². The summed E-state index contributed by atoms with van der Waals surface area (Å²) in [6.45, 7) is 4.64. The summed E-state index contributed by atoms with van der Waals surface area (Å²) in [6, 6.07) is 2.94. The summed E-state index contributed by atoms with van der Waals surface area (Å²) in [5, 5.41) is 12.2. The maximum absolute atomic E-state index is 14.4. The van der Waals surface area contributed by atoms with Crippen molar-refractivity contribution in [1.82, 2.24) is 4.57 Å². The smallest absolute Gasteiger partial charge is 0.328 e. The van der Waals surface area contributed by atoms with Crippen LogP contribution in [0.1, 0.15) is 38.3 Å². The van der Waals surface area contributed by atoms with Crippen molar-refractivity contribution in [3.63, 3.8) is 0 Å². The van der Waals surface area contributed by atoms with Crippen LogP contribution in [0, 0.1) is 11.7 Å². The van der Waals surface area contributed by atoms with E-state index in [0.29, 0.717) is 17.1 Å². The van der Waals surface area contributed by atoms with Crippen LogP contribution in [0.5, 0.6) is 0 Å². The number of hydrogen-bond donors (Lipinski definition) is 2. The number of aliphatic carboxylic acids is 1. The van der Waals surface area contributed by atoms with Crippen LogP contribution in [-0.2, 0) is 4.79 Å². The van der Waals surface area contributed by atoms with E-state index in [1.54, 1.807) is 12.3 Å². The Morgan fingerprint density at radius 3 is 2.76 bits per heavy atom. The second-order valence-electron chi connectivity index (χ2n) is 6.76. The van der Waals surface area contributed by atoms with Crippen LogP contribution in [0.25, 0.3) is 17.0 Å². The summed E-state index contributed by atoms with van der Waals surface area (Å²) in [5.74, 6) is -1.01. The topological polar surface area (TPSA) is 71.3 Å². The molecule has 3 rings (SSSR count). The Bertz CT molecular complexity index is 911. The maximum atomic E-state index is 14.4. The Balaban J connectivity index is 2.14. The van der Waals surface area contributed by atoms with E-state index in [4.69, 9.17) is 5.11 Å². The summed E-state index contributed by atoms with van der Waals surface area (Å²) >= 11 is 0. The maximum Gasteiger partial charge on any atom is 0.328 e. The van der Waals surface area contributed by atoms with Crippen molar-refractivity contribution in [3.05, 3.63) is 46.0 Å². The predicted molar refractivity (Wildman–Crippen MR) is 96.4 cm³/mol. The summed E-state index contributed by atoms with van der Waals surface area (Å²) in [6.07, 6.45) is 6.11. The minimum absolute atomic E-state index is 0.0295. The molecular formula is C19H21FN2O3. The SMILES string of the molecule is CC(C)n1cc(/C=C/C(=O)O)c(=O)c2cc(F)c(NCC3CC3)cc21. The first-order valence-corrected chi connectivity index (χ1v) is 8.40. The second kappa shape index (κ2) is 6.70.